The van der Waals surface area contributed by atoms with E-state index in [1.807, 2.05) is 0 Å². The number of rotatable bonds is 18. The molecule has 1 saturated heterocycles. The topological polar surface area (TPSA) is 141 Å². The number of esters is 5. The molecule has 1 fully saturated rings. The maximum absolute atomic E-state index is 13.4. The number of ether oxygens (including phenoxy) is 6. The zero-order valence-electron chi connectivity index (χ0n) is 34.1. The van der Waals surface area contributed by atoms with E-state index in [1.165, 1.54) is 32.1 Å². The van der Waals surface area contributed by atoms with Crippen LogP contribution in [0.15, 0.2) is 0 Å². The van der Waals surface area contributed by atoms with E-state index >= 15 is 0 Å². The molecule has 0 radical (unpaired) electrons. The minimum atomic E-state index is -1.33. The van der Waals surface area contributed by atoms with Gasteiger partial charge in [-0.1, -0.05) is 58.3 Å². The summed E-state index contributed by atoms with van der Waals surface area (Å²) in [5.41, 5.74) is -3.70. The molecule has 0 N–H and O–H groups in total. The minimum Gasteiger partial charge on any atom is -0.466 e. The molecule has 0 unspecified atom stereocenters. The van der Waals surface area contributed by atoms with E-state index in [4.69, 9.17) is 28.4 Å². The lowest BCUT2D eigenvalue weighted by molar-refractivity contribution is -0.261. The normalized spacial score (nSPS) is 21.4. The second-order valence-corrected chi connectivity index (χ2v) is 18.0. The first-order valence-electron chi connectivity index (χ1n) is 19.0. The molecule has 1 heterocycles. The molecule has 11 heteroatoms. The van der Waals surface area contributed by atoms with E-state index in [0.29, 0.717) is 0 Å². The van der Waals surface area contributed by atoms with E-state index in [1.54, 1.807) is 83.1 Å². The van der Waals surface area contributed by atoms with Crippen LogP contribution in [0.4, 0.5) is 0 Å². The third-order valence-corrected chi connectivity index (χ3v) is 8.44. The van der Waals surface area contributed by atoms with Gasteiger partial charge in [-0.3, -0.25) is 24.0 Å². The van der Waals surface area contributed by atoms with Gasteiger partial charge in [-0.2, -0.15) is 0 Å². The molecule has 1 aliphatic rings. The lowest BCUT2D eigenvalue weighted by Crippen LogP contribution is -2.63. The van der Waals surface area contributed by atoms with Crippen molar-refractivity contribution in [1.29, 1.82) is 0 Å². The highest BCUT2D eigenvalue weighted by molar-refractivity contribution is 5.78. The van der Waals surface area contributed by atoms with Crippen molar-refractivity contribution in [2.45, 2.75) is 191 Å². The van der Waals surface area contributed by atoms with Gasteiger partial charge in [-0.15, -0.1) is 0 Å². The SMILES string of the molecule is CCCCCCCCCCCC(=O)OCC[C@H]1O[C@H](COC(=O)C(C)(C)C)[C@@H](OC(=O)C(C)(C)C)[C@H](OC(=O)C(C)(C)C)[C@H]1OC(=O)C(C)(C)C. The molecule has 0 spiro atoms. The smallest absolute Gasteiger partial charge is 0.311 e. The van der Waals surface area contributed by atoms with Crippen LogP contribution < -0.4 is 0 Å². The van der Waals surface area contributed by atoms with Crippen LogP contribution in [0.25, 0.3) is 0 Å². The van der Waals surface area contributed by atoms with Crippen molar-refractivity contribution in [2.24, 2.45) is 21.7 Å². The predicted octanol–water partition coefficient (Wildman–Crippen LogP) is 8.07. The fourth-order valence-electron chi connectivity index (χ4n) is 4.99. The van der Waals surface area contributed by atoms with Gasteiger partial charge < -0.3 is 28.4 Å². The average molecular weight is 727 g/mol. The fraction of sp³-hybridized carbons (Fsp3) is 0.875. The van der Waals surface area contributed by atoms with E-state index in [0.717, 1.165) is 25.7 Å². The second kappa shape index (κ2) is 20.5. The van der Waals surface area contributed by atoms with Crippen LogP contribution in [0.5, 0.6) is 0 Å². The predicted molar refractivity (Wildman–Crippen MR) is 194 cm³/mol. The van der Waals surface area contributed by atoms with E-state index in [9.17, 15) is 24.0 Å². The van der Waals surface area contributed by atoms with Gasteiger partial charge in [0.05, 0.1) is 28.3 Å². The van der Waals surface area contributed by atoms with Crippen molar-refractivity contribution in [3.8, 4) is 0 Å². The summed E-state index contributed by atoms with van der Waals surface area (Å²) in [6, 6.07) is 0. The zero-order chi connectivity index (χ0) is 39.2. The zero-order valence-corrected chi connectivity index (χ0v) is 34.1. The van der Waals surface area contributed by atoms with Gasteiger partial charge in [0.2, 0.25) is 0 Å². The monoisotopic (exact) mass is 726 g/mol. The first kappa shape index (κ1) is 46.3. The Bertz CT molecular complexity index is 1120. The molecule has 1 aliphatic heterocycles. The van der Waals surface area contributed by atoms with Crippen LogP contribution >= 0.6 is 0 Å². The van der Waals surface area contributed by atoms with Crippen molar-refractivity contribution in [1.82, 2.24) is 0 Å². The first-order valence-corrected chi connectivity index (χ1v) is 19.0. The number of carbonyl (C=O) groups excluding carboxylic acids is 5. The fourth-order valence-corrected chi connectivity index (χ4v) is 4.99. The van der Waals surface area contributed by atoms with Crippen LogP contribution in [0, 0.1) is 21.7 Å². The summed E-state index contributed by atoms with van der Waals surface area (Å²) in [6.45, 7) is 22.0. The molecule has 51 heavy (non-hydrogen) atoms. The van der Waals surface area contributed by atoms with Crippen LogP contribution in [-0.2, 0) is 52.4 Å². The summed E-state index contributed by atoms with van der Waals surface area (Å²) in [7, 11) is 0. The molecule has 0 aliphatic carbocycles. The van der Waals surface area contributed by atoms with Crippen LogP contribution in [0.1, 0.15) is 161 Å². The van der Waals surface area contributed by atoms with Gasteiger partial charge >= 0.3 is 29.8 Å². The van der Waals surface area contributed by atoms with Gasteiger partial charge in [0.15, 0.2) is 18.3 Å². The number of unbranched alkanes of at least 4 members (excludes halogenated alkanes) is 8. The molecule has 0 amide bonds. The number of carbonyl (C=O) groups is 5. The third kappa shape index (κ3) is 17.1. The van der Waals surface area contributed by atoms with Crippen LogP contribution in [0.2, 0.25) is 0 Å². The van der Waals surface area contributed by atoms with Crippen LogP contribution in [-0.4, -0.2) is 73.6 Å². The highest BCUT2D eigenvalue weighted by Gasteiger charge is 2.54. The van der Waals surface area contributed by atoms with E-state index < -0.39 is 76.1 Å². The largest absolute Gasteiger partial charge is 0.466 e. The summed E-state index contributed by atoms with van der Waals surface area (Å²) >= 11 is 0. The standard InChI is InChI=1S/C40H70O11/c1-14-15-16-17-18-19-20-21-22-23-29(41)46-25-24-27-30(49-34(43)38(5,6)7)32(51-36(45)40(11,12)13)31(50-35(44)39(8,9)10)28(48-27)26-47-33(42)37(2,3)4/h27-28,30-32H,14-26H2,1-13H3/t27-,28-,30+,31-,32-/m1/s1. The maximum Gasteiger partial charge on any atom is 0.311 e. The average Bonchev–Trinajstić information content (AvgIpc) is 2.99. The molecule has 0 aromatic rings. The Morgan fingerprint density at radius 1 is 0.490 bits per heavy atom. The highest BCUT2D eigenvalue weighted by atomic mass is 16.7. The molecule has 0 saturated carbocycles. The van der Waals surface area contributed by atoms with Gasteiger partial charge in [0.25, 0.3) is 0 Å². The Hall–Kier alpha value is -2.69. The van der Waals surface area contributed by atoms with Gasteiger partial charge in [0, 0.05) is 12.8 Å². The van der Waals surface area contributed by atoms with Crippen molar-refractivity contribution >= 4 is 29.8 Å². The molecule has 296 valence electrons. The molecule has 0 aromatic carbocycles. The second-order valence-electron chi connectivity index (χ2n) is 18.0. The minimum absolute atomic E-state index is 0.0641. The summed E-state index contributed by atoms with van der Waals surface area (Å²) in [6.07, 6.45) is 4.54. The first-order chi connectivity index (χ1) is 23.4. The van der Waals surface area contributed by atoms with Crippen molar-refractivity contribution in [3.05, 3.63) is 0 Å². The van der Waals surface area contributed by atoms with E-state index in [2.05, 4.69) is 6.92 Å². The molecule has 0 bridgehead atoms. The summed E-state index contributed by atoms with van der Waals surface area (Å²) in [5.74, 6) is -2.71. The Morgan fingerprint density at radius 3 is 1.31 bits per heavy atom. The number of hydrogen-bond donors (Lipinski definition) is 0. The van der Waals surface area contributed by atoms with Gasteiger partial charge in [0.1, 0.15) is 18.8 Å². The van der Waals surface area contributed by atoms with Crippen molar-refractivity contribution in [2.75, 3.05) is 13.2 Å². The maximum atomic E-state index is 13.4. The Labute approximate surface area is 307 Å². The van der Waals surface area contributed by atoms with Gasteiger partial charge in [-0.25, -0.2) is 0 Å². The van der Waals surface area contributed by atoms with Crippen LogP contribution in [0.3, 0.4) is 0 Å². The molecule has 0 aromatic heterocycles. The Morgan fingerprint density at radius 2 is 0.882 bits per heavy atom. The molecule has 1 rings (SSSR count). The summed E-state index contributed by atoms with van der Waals surface area (Å²) in [5, 5.41) is 0. The van der Waals surface area contributed by atoms with Crippen molar-refractivity contribution in [3.63, 3.8) is 0 Å². The summed E-state index contributed by atoms with van der Waals surface area (Å²) < 4.78 is 35.7. The Kier molecular flexibility index (Phi) is 18.6. The molecular weight excluding hydrogens is 656 g/mol. The highest BCUT2D eigenvalue weighted by Crippen LogP contribution is 2.35. The lowest BCUT2D eigenvalue weighted by Gasteiger charge is -2.46. The quantitative estimate of drug-likeness (QED) is 0.0769. The van der Waals surface area contributed by atoms with E-state index in [-0.39, 0.29) is 32.0 Å². The lowest BCUT2D eigenvalue weighted by atomic mass is 9.90. The molecule has 11 nitrogen and oxygen atoms in total. The molecular formula is C40H70O11. The third-order valence-electron chi connectivity index (χ3n) is 8.44. The molecule has 5 atom stereocenters. The Balaban J connectivity index is 3.33. The van der Waals surface area contributed by atoms with Crippen molar-refractivity contribution < 1.29 is 52.4 Å². The summed E-state index contributed by atoms with van der Waals surface area (Å²) in [4.78, 5) is 65.6. The van der Waals surface area contributed by atoms with Gasteiger partial charge in [-0.05, 0) is 89.5 Å². The number of hydrogen-bond acceptors (Lipinski definition) is 11.